The van der Waals surface area contributed by atoms with Crippen molar-refractivity contribution in [1.29, 1.82) is 0 Å². The number of anilines is 1. The van der Waals surface area contributed by atoms with Gasteiger partial charge in [0.1, 0.15) is 5.82 Å². The van der Waals surface area contributed by atoms with Crippen molar-refractivity contribution < 1.29 is 14.4 Å². The second-order valence-corrected chi connectivity index (χ2v) is 9.13. The van der Waals surface area contributed by atoms with Crippen LogP contribution in [0, 0.1) is 15.9 Å². The molecule has 1 atom stereocenters. The number of non-ortho nitro benzene ring substituents is 1. The number of piperazine rings is 1. The minimum absolute atomic E-state index is 0.0167. The molecule has 3 heterocycles. The minimum atomic E-state index is -0.423. The van der Waals surface area contributed by atoms with Crippen LogP contribution in [0.2, 0.25) is 0 Å². The lowest BCUT2D eigenvalue weighted by atomic mass is 10.0. The summed E-state index contributed by atoms with van der Waals surface area (Å²) in [4.78, 5) is 21.0. The van der Waals surface area contributed by atoms with Crippen molar-refractivity contribution >= 4 is 27.7 Å². The molecule has 1 fully saturated rings. The molecule has 1 saturated heterocycles. The van der Waals surface area contributed by atoms with Crippen LogP contribution < -0.4 is 4.90 Å². The maximum Gasteiger partial charge on any atom is 0.269 e. The van der Waals surface area contributed by atoms with E-state index in [1.165, 1.54) is 40.1 Å². The minimum Gasteiger partial charge on any atom is -0.492 e. The third-order valence-electron chi connectivity index (χ3n) is 6.10. The zero-order valence-electron chi connectivity index (χ0n) is 18.5. The summed E-state index contributed by atoms with van der Waals surface area (Å²) in [5, 5.41) is 26.6. The lowest BCUT2D eigenvalue weighted by Gasteiger charge is -2.40. The maximum atomic E-state index is 13.3. The van der Waals surface area contributed by atoms with Gasteiger partial charge in [-0.05, 0) is 29.8 Å². The summed E-state index contributed by atoms with van der Waals surface area (Å²) in [6.07, 6.45) is 0.667. The quantitative estimate of drug-likeness (QED) is 0.327. The number of benzene rings is 2. The van der Waals surface area contributed by atoms with Crippen LogP contribution in [-0.4, -0.2) is 55.7 Å². The number of rotatable bonds is 6. The molecule has 0 radical (unpaired) electrons. The Balaban J connectivity index is 1.47. The SMILES string of the molecule is CCc1nc2sc([C@@H](c3ccc([N+](=O)[O-])cc3)N3CCN(c4ccc(F)cc4)CC3)c(O)n2n1. The third-order valence-corrected chi connectivity index (χ3v) is 7.17. The topological polar surface area (TPSA) is 100 Å². The van der Waals surface area contributed by atoms with Gasteiger partial charge in [0.15, 0.2) is 5.82 Å². The average Bonchev–Trinajstić information content (AvgIpc) is 3.39. The number of hydrogen-bond acceptors (Lipinski definition) is 8. The number of nitro benzene ring substituents is 1. The first-order valence-electron chi connectivity index (χ1n) is 11.0. The van der Waals surface area contributed by atoms with Gasteiger partial charge >= 0.3 is 0 Å². The Morgan fingerprint density at radius 2 is 1.79 bits per heavy atom. The van der Waals surface area contributed by atoms with Crippen LogP contribution in [0.25, 0.3) is 4.96 Å². The smallest absolute Gasteiger partial charge is 0.269 e. The number of nitro groups is 1. The van der Waals surface area contributed by atoms with E-state index in [0.29, 0.717) is 35.2 Å². The molecule has 176 valence electrons. The largest absolute Gasteiger partial charge is 0.492 e. The van der Waals surface area contributed by atoms with Gasteiger partial charge in [0, 0.05) is 50.4 Å². The van der Waals surface area contributed by atoms with E-state index in [1.807, 2.05) is 6.92 Å². The molecular formula is C23H23FN6O3S. The molecule has 0 saturated carbocycles. The summed E-state index contributed by atoms with van der Waals surface area (Å²) < 4.78 is 14.8. The van der Waals surface area contributed by atoms with Crippen LogP contribution in [-0.2, 0) is 6.42 Å². The van der Waals surface area contributed by atoms with E-state index in [-0.39, 0.29) is 23.4 Å². The molecule has 0 unspecified atom stereocenters. The Morgan fingerprint density at radius 3 is 2.38 bits per heavy atom. The zero-order valence-corrected chi connectivity index (χ0v) is 19.3. The van der Waals surface area contributed by atoms with E-state index < -0.39 is 4.92 Å². The van der Waals surface area contributed by atoms with Gasteiger partial charge in [-0.2, -0.15) is 4.52 Å². The predicted octanol–water partition coefficient (Wildman–Crippen LogP) is 4.02. The number of hydrogen-bond donors (Lipinski definition) is 1. The first-order valence-corrected chi connectivity index (χ1v) is 11.8. The Morgan fingerprint density at radius 1 is 1.12 bits per heavy atom. The fourth-order valence-electron chi connectivity index (χ4n) is 4.32. The number of nitrogens with zero attached hydrogens (tertiary/aromatic N) is 6. The monoisotopic (exact) mass is 482 g/mol. The average molecular weight is 483 g/mol. The van der Waals surface area contributed by atoms with Crippen LogP contribution in [0.15, 0.2) is 48.5 Å². The zero-order chi connectivity index (χ0) is 23.8. The van der Waals surface area contributed by atoms with Crippen LogP contribution in [0.3, 0.4) is 0 Å². The molecule has 1 aliphatic heterocycles. The number of thiazole rings is 1. The van der Waals surface area contributed by atoms with Crippen molar-refractivity contribution in [2.45, 2.75) is 19.4 Å². The number of aromatic nitrogens is 3. The Kier molecular flexibility index (Phi) is 5.88. The Hall–Kier alpha value is -3.57. The lowest BCUT2D eigenvalue weighted by Crippen LogP contribution is -2.47. The van der Waals surface area contributed by atoms with Gasteiger partial charge in [-0.1, -0.05) is 30.4 Å². The van der Waals surface area contributed by atoms with E-state index in [2.05, 4.69) is 19.9 Å². The maximum absolute atomic E-state index is 13.3. The van der Waals surface area contributed by atoms with Crippen molar-refractivity contribution in [3.05, 3.63) is 80.7 Å². The van der Waals surface area contributed by atoms with E-state index in [0.717, 1.165) is 24.3 Å². The van der Waals surface area contributed by atoms with Crippen molar-refractivity contribution in [2.24, 2.45) is 0 Å². The first kappa shape index (κ1) is 22.2. The van der Waals surface area contributed by atoms with Crippen LogP contribution in [0.4, 0.5) is 15.8 Å². The lowest BCUT2D eigenvalue weighted by molar-refractivity contribution is -0.384. The third kappa shape index (κ3) is 4.08. The Labute approximate surface area is 198 Å². The van der Waals surface area contributed by atoms with Gasteiger partial charge in [-0.15, -0.1) is 5.10 Å². The summed E-state index contributed by atoms with van der Waals surface area (Å²) >= 11 is 1.37. The van der Waals surface area contributed by atoms with E-state index in [1.54, 1.807) is 24.3 Å². The van der Waals surface area contributed by atoms with Gasteiger partial charge in [0.25, 0.3) is 5.69 Å². The number of aromatic hydroxyl groups is 1. The molecule has 5 rings (SSSR count). The molecule has 11 heteroatoms. The molecule has 1 aliphatic rings. The normalized spacial score (nSPS) is 15.6. The highest BCUT2D eigenvalue weighted by Gasteiger charge is 2.32. The predicted molar refractivity (Wildman–Crippen MR) is 127 cm³/mol. The summed E-state index contributed by atoms with van der Waals surface area (Å²) in [5.41, 5.74) is 1.82. The fraction of sp³-hybridized carbons (Fsp3) is 0.304. The first-order chi connectivity index (χ1) is 16.4. The van der Waals surface area contributed by atoms with Gasteiger partial charge < -0.3 is 10.0 Å². The summed E-state index contributed by atoms with van der Waals surface area (Å²) in [5.74, 6) is 0.433. The van der Waals surface area contributed by atoms with Gasteiger partial charge in [0.05, 0.1) is 15.8 Å². The highest BCUT2D eigenvalue weighted by Crippen LogP contribution is 2.40. The molecule has 9 nitrogen and oxygen atoms in total. The fourth-order valence-corrected chi connectivity index (χ4v) is 5.45. The van der Waals surface area contributed by atoms with Crippen LogP contribution in [0.1, 0.15) is 29.2 Å². The number of halogens is 1. The molecule has 1 N–H and O–H groups in total. The van der Waals surface area contributed by atoms with Crippen LogP contribution >= 0.6 is 11.3 Å². The van der Waals surface area contributed by atoms with Crippen molar-refractivity contribution in [1.82, 2.24) is 19.5 Å². The van der Waals surface area contributed by atoms with Gasteiger partial charge in [-0.25, -0.2) is 9.37 Å². The summed E-state index contributed by atoms with van der Waals surface area (Å²) in [7, 11) is 0. The molecule has 0 aliphatic carbocycles. The molecule has 4 aromatic rings. The molecule has 2 aromatic heterocycles. The highest BCUT2D eigenvalue weighted by molar-refractivity contribution is 7.17. The van der Waals surface area contributed by atoms with Crippen molar-refractivity contribution in [2.75, 3.05) is 31.1 Å². The van der Waals surface area contributed by atoms with E-state index in [9.17, 15) is 19.6 Å². The van der Waals surface area contributed by atoms with Crippen molar-refractivity contribution in [3.8, 4) is 5.88 Å². The molecule has 34 heavy (non-hydrogen) atoms. The summed E-state index contributed by atoms with van der Waals surface area (Å²) in [6.45, 7) is 4.77. The van der Waals surface area contributed by atoms with Gasteiger partial charge in [0.2, 0.25) is 10.8 Å². The molecule has 0 amide bonds. The van der Waals surface area contributed by atoms with Crippen molar-refractivity contribution in [3.63, 3.8) is 0 Å². The van der Waals surface area contributed by atoms with Crippen LogP contribution in [0.5, 0.6) is 5.88 Å². The molecule has 0 bridgehead atoms. The van der Waals surface area contributed by atoms with E-state index in [4.69, 9.17) is 0 Å². The summed E-state index contributed by atoms with van der Waals surface area (Å²) in [6, 6.07) is 12.6. The molecular weight excluding hydrogens is 459 g/mol. The molecule has 0 spiro atoms. The second-order valence-electron chi connectivity index (χ2n) is 8.12. The molecule has 2 aromatic carbocycles. The number of fused-ring (bicyclic) bond motifs is 1. The Bertz CT molecular complexity index is 1310. The second kappa shape index (κ2) is 8.99. The van der Waals surface area contributed by atoms with Gasteiger partial charge in [-0.3, -0.25) is 15.0 Å². The number of aryl methyl sites for hydroxylation is 1. The van der Waals surface area contributed by atoms with E-state index >= 15 is 0 Å². The standard InChI is InChI=1S/C23H23FN6O3S/c1-2-19-25-23-29(26-19)22(31)21(34-23)20(15-3-7-18(8-4-15)30(32)33)28-13-11-27(12-14-28)17-9-5-16(24)6-10-17/h3-10,20,31H,2,11-14H2,1H3/t20-/m1/s1. The highest BCUT2D eigenvalue weighted by atomic mass is 32.1.